The van der Waals surface area contributed by atoms with E-state index in [1.807, 2.05) is 24.3 Å². The Labute approximate surface area is 158 Å². The van der Waals surface area contributed by atoms with Gasteiger partial charge in [0.1, 0.15) is 0 Å². The van der Waals surface area contributed by atoms with Crippen LogP contribution in [0.3, 0.4) is 0 Å². The van der Waals surface area contributed by atoms with Gasteiger partial charge in [-0.3, -0.25) is 4.79 Å². The molecule has 0 unspecified atom stereocenters. The van der Waals surface area contributed by atoms with E-state index in [-0.39, 0.29) is 5.78 Å². The van der Waals surface area contributed by atoms with Crippen LogP contribution in [0.25, 0.3) is 11.1 Å². The maximum Gasteiger partial charge on any atom is 0.159 e. The maximum atomic E-state index is 11.4. The summed E-state index contributed by atoms with van der Waals surface area (Å²) in [5, 5.41) is 0. The summed E-state index contributed by atoms with van der Waals surface area (Å²) in [5.74, 6) is 1.83. The Morgan fingerprint density at radius 3 is 1.96 bits per heavy atom. The normalized spacial score (nSPS) is 20.1. The lowest BCUT2D eigenvalue weighted by atomic mass is 9.77. The number of carbonyl (C=O) groups is 1. The predicted octanol–water partition coefficient (Wildman–Crippen LogP) is 7.41. The standard InChI is InChI=1S/C25H32O/c1-3-4-5-6-20-7-9-22(10-8-20)24-15-17-25(18-16-24)23-13-11-21(12-14-23)19(2)26/h11-18,20,22H,3-10H2,1-2H3/t20-,22-. The Kier molecular flexibility index (Phi) is 6.66. The van der Waals surface area contributed by atoms with Crippen LogP contribution in [0.2, 0.25) is 0 Å². The molecule has 1 aliphatic rings. The van der Waals surface area contributed by atoms with Crippen molar-refractivity contribution in [2.75, 3.05) is 0 Å². The van der Waals surface area contributed by atoms with Crippen molar-refractivity contribution in [3.05, 3.63) is 59.7 Å². The van der Waals surface area contributed by atoms with Crippen LogP contribution in [0.5, 0.6) is 0 Å². The summed E-state index contributed by atoms with van der Waals surface area (Å²) in [5.41, 5.74) is 4.69. The quantitative estimate of drug-likeness (QED) is 0.376. The highest BCUT2D eigenvalue weighted by atomic mass is 16.1. The van der Waals surface area contributed by atoms with Crippen molar-refractivity contribution in [1.29, 1.82) is 0 Å². The van der Waals surface area contributed by atoms with Crippen molar-refractivity contribution in [3.63, 3.8) is 0 Å². The molecule has 0 amide bonds. The molecule has 3 rings (SSSR count). The smallest absolute Gasteiger partial charge is 0.159 e. The van der Waals surface area contributed by atoms with Crippen LogP contribution in [-0.2, 0) is 0 Å². The van der Waals surface area contributed by atoms with Gasteiger partial charge in [0.2, 0.25) is 0 Å². The van der Waals surface area contributed by atoms with Crippen LogP contribution >= 0.6 is 0 Å². The second kappa shape index (κ2) is 9.16. The fourth-order valence-electron chi connectivity index (χ4n) is 4.31. The lowest BCUT2D eigenvalue weighted by molar-refractivity contribution is 0.101. The molecule has 1 heteroatoms. The molecule has 2 aromatic rings. The summed E-state index contributed by atoms with van der Waals surface area (Å²) in [6, 6.07) is 17.1. The minimum Gasteiger partial charge on any atom is -0.295 e. The van der Waals surface area contributed by atoms with Gasteiger partial charge in [0.15, 0.2) is 5.78 Å². The number of carbonyl (C=O) groups excluding carboxylic acids is 1. The van der Waals surface area contributed by atoms with Gasteiger partial charge in [-0.1, -0.05) is 81.1 Å². The van der Waals surface area contributed by atoms with E-state index in [1.165, 1.54) is 68.1 Å². The van der Waals surface area contributed by atoms with E-state index in [0.29, 0.717) is 0 Å². The molecule has 26 heavy (non-hydrogen) atoms. The van der Waals surface area contributed by atoms with Crippen LogP contribution < -0.4 is 0 Å². The van der Waals surface area contributed by atoms with Gasteiger partial charge in [0, 0.05) is 5.56 Å². The van der Waals surface area contributed by atoms with Crippen molar-refractivity contribution >= 4 is 5.78 Å². The van der Waals surface area contributed by atoms with Gasteiger partial charge in [0.25, 0.3) is 0 Å². The zero-order valence-corrected chi connectivity index (χ0v) is 16.3. The molecule has 1 fully saturated rings. The zero-order chi connectivity index (χ0) is 18.4. The minimum atomic E-state index is 0.122. The van der Waals surface area contributed by atoms with Gasteiger partial charge in [0.05, 0.1) is 0 Å². The Balaban J connectivity index is 1.57. The van der Waals surface area contributed by atoms with Gasteiger partial charge < -0.3 is 0 Å². The summed E-state index contributed by atoms with van der Waals surface area (Å²) in [4.78, 5) is 11.4. The largest absolute Gasteiger partial charge is 0.295 e. The molecule has 0 aliphatic heterocycles. The van der Waals surface area contributed by atoms with Crippen molar-refractivity contribution in [1.82, 2.24) is 0 Å². The fraction of sp³-hybridized carbons (Fsp3) is 0.480. The first-order chi connectivity index (χ1) is 12.7. The van der Waals surface area contributed by atoms with Crippen molar-refractivity contribution in [2.24, 2.45) is 5.92 Å². The first kappa shape index (κ1) is 18.9. The summed E-state index contributed by atoms with van der Waals surface area (Å²) in [7, 11) is 0. The molecule has 0 N–H and O–H groups in total. The van der Waals surface area contributed by atoms with Gasteiger partial charge >= 0.3 is 0 Å². The van der Waals surface area contributed by atoms with Crippen LogP contribution in [0.1, 0.15) is 87.1 Å². The van der Waals surface area contributed by atoms with Crippen LogP contribution in [-0.4, -0.2) is 5.78 Å². The van der Waals surface area contributed by atoms with Crippen LogP contribution in [0, 0.1) is 5.92 Å². The Bertz CT molecular complexity index is 688. The molecular formula is C25H32O. The molecule has 0 aromatic heterocycles. The molecule has 0 saturated heterocycles. The number of hydrogen-bond donors (Lipinski definition) is 0. The molecular weight excluding hydrogens is 316 g/mol. The average Bonchev–Trinajstić information content (AvgIpc) is 2.69. The summed E-state index contributed by atoms with van der Waals surface area (Å²) >= 11 is 0. The SMILES string of the molecule is CCCCC[C@H]1CC[C@H](c2ccc(-c3ccc(C(C)=O)cc3)cc2)CC1. The molecule has 1 nitrogen and oxygen atoms in total. The molecule has 0 radical (unpaired) electrons. The van der Waals surface area contributed by atoms with Crippen molar-refractivity contribution in [3.8, 4) is 11.1 Å². The molecule has 1 saturated carbocycles. The maximum absolute atomic E-state index is 11.4. The second-order valence-corrected chi connectivity index (χ2v) is 7.97. The highest BCUT2D eigenvalue weighted by Gasteiger charge is 2.22. The first-order valence-electron chi connectivity index (χ1n) is 10.4. The Hall–Kier alpha value is -1.89. The van der Waals surface area contributed by atoms with E-state index >= 15 is 0 Å². The third-order valence-electron chi connectivity index (χ3n) is 6.07. The van der Waals surface area contributed by atoms with E-state index in [9.17, 15) is 4.79 Å². The predicted molar refractivity (Wildman–Crippen MR) is 111 cm³/mol. The Morgan fingerprint density at radius 1 is 0.846 bits per heavy atom. The molecule has 2 aromatic carbocycles. The number of benzene rings is 2. The van der Waals surface area contributed by atoms with E-state index in [0.717, 1.165) is 17.4 Å². The number of unbranched alkanes of at least 4 members (excludes halogenated alkanes) is 2. The van der Waals surface area contributed by atoms with Gasteiger partial charge in [-0.2, -0.15) is 0 Å². The van der Waals surface area contributed by atoms with Crippen LogP contribution in [0.4, 0.5) is 0 Å². The zero-order valence-electron chi connectivity index (χ0n) is 16.3. The lowest BCUT2D eigenvalue weighted by Gasteiger charge is -2.29. The number of ketones is 1. The molecule has 138 valence electrons. The van der Waals surface area contributed by atoms with Crippen molar-refractivity contribution < 1.29 is 4.79 Å². The molecule has 0 spiro atoms. The lowest BCUT2D eigenvalue weighted by Crippen LogP contribution is -2.13. The average molecular weight is 349 g/mol. The number of rotatable bonds is 7. The highest BCUT2D eigenvalue weighted by Crippen LogP contribution is 2.38. The highest BCUT2D eigenvalue weighted by molar-refractivity contribution is 5.94. The third kappa shape index (κ3) is 4.84. The second-order valence-electron chi connectivity index (χ2n) is 7.97. The van der Waals surface area contributed by atoms with Gasteiger partial charge in [-0.05, 0) is 61.1 Å². The Morgan fingerprint density at radius 2 is 1.42 bits per heavy atom. The number of Topliss-reactive ketones (excluding diaryl/α,β-unsaturated/α-hetero) is 1. The van der Waals surface area contributed by atoms with E-state index < -0.39 is 0 Å². The molecule has 0 heterocycles. The topological polar surface area (TPSA) is 17.1 Å². The van der Waals surface area contributed by atoms with Crippen LogP contribution in [0.15, 0.2) is 48.5 Å². The molecule has 1 aliphatic carbocycles. The minimum absolute atomic E-state index is 0.122. The fourth-order valence-corrected chi connectivity index (χ4v) is 4.31. The van der Waals surface area contributed by atoms with E-state index in [2.05, 4.69) is 31.2 Å². The van der Waals surface area contributed by atoms with Crippen molar-refractivity contribution in [2.45, 2.75) is 71.1 Å². The van der Waals surface area contributed by atoms with Gasteiger partial charge in [-0.25, -0.2) is 0 Å². The monoisotopic (exact) mass is 348 g/mol. The third-order valence-corrected chi connectivity index (χ3v) is 6.07. The summed E-state index contributed by atoms with van der Waals surface area (Å²) in [6.45, 7) is 3.90. The van der Waals surface area contributed by atoms with Gasteiger partial charge in [-0.15, -0.1) is 0 Å². The summed E-state index contributed by atoms with van der Waals surface area (Å²) in [6.07, 6.45) is 11.1. The molecule has 0 bridgehead atoms. The van der Waals surface area contributed by atoms with E-state index in [1.54, 1.807) is 6.92 Å². The van der Waals surface area contributed by atoms with E-state index in [4.69, 9.17) is 0 Å². The first-order valence-corrected chi connectivity index (χ1v) is 10.4. The number of hydrogen-bond acceptors (Lipinski definition) is 1. The summed E-state index contributed by atoms with van der Waals surface area (Å²) < 4.78 is 0. The molecule has 0 atom stereocenters.